The predicted molar refractivity (Wildman–Crippen MR) is 129 cm³/mol. The molecule has 1 N–H and O–H groups in total. The number of carbonyl (C=O) groups excluding carboxylic acids is 1. The SMILES string of the molecule is COc1ccc(S(=O)(=O)N2CCCCC2)cc1NC(=O)c1ccccc1Cc1ccccc1. The average Bonchev–Trinajstić information content (AvgIpc) is 2.85. The van der Waals surface area contributed by atoms with Crippen LogP contribution in [-0.4, -0.2) is 38.8 Å². The Bertz CT molecular complexity index is 1220. The minimum Gasteiger partial charge on any atom is -0.495 e. The Balaban J connectivity index is 1.61. The predicted octanol–water partition coefficient (Wildman–Crippen LogP) is 4.71. The zero-order valence-electron chi connectivity index (χ0n) is 18.7. The molecule has 7 heteroatoms. The van der Waals surface area contributed by atoms with Gasteiger partial charge in [-0.25, -0.2) is 8.42 Å². The van der Waals surface area contributed by atoms with Crippen molar-refractivity contribution in [3.8, 4) is 5.75 Å². The number of hydrogen-bond donors (Lipinski definition) is 1. The molecule has 172 valence electrons. The summed E-state index contributed by atoms with van der Waals surface area (Å²) in [7, 11) is -2.14. The van der Waals surface area contributed by atoms with Gasteiger partial charge in [-0.05, 0) is 54.7 Å². The van der Waals surface area contributed by atoms with Gasteiger partial charge in [0.1, 0.15) is 5.75 Å². The summed E-state index contributed by atoms with van der Waals surface area (Å²) in [6, 6.07) is 22.0. The Hall–Kier alpha value is -3.16. The van der Waals surface area contributed by atoms with E-state index in [0.717, 1.165) is 30.4 Å². The second-order valence-corrected chi connectivity index (χ2v) is 10.0. The Labute approximate surface area is 195 Å². The molecule has 3 aromatic rings. The third kappa shape index (κ3) is 5.26. The lowest BCUT2D eigenvalue weighted by Gasteiger charge is -2.26. The van der Waals surface area contributed by atoms with Crippen LogP contribution in [-0.2, 0) is 16.4 Å². The van der Waals surface area contributed by atoms with Crippen LogP contribution < -0.4 is 10.1 Å². The maximum atomic E-state index is 13.2. The Morgan fingerprint density at radius 1 is 0.939 bits per heavy atom. The number of sulfonamides is 1. The Morgan fingerprint density at radius 3 is 2.36 bits per heavy atom. The molecular formula is C26H28N2O4S. The van der Waals surface area contributed by atoms with Crippen LogP contribution in [0.5, 0.6) is 5.75 Å². The number of ether oxygens (including phenoxy) is 1. The highest BCUT2D eigenvalue weighted by Gasteiger charge is 2.27. The molecular weight excluding hydrogens is 436 g/mol. The van der Waals surface area contributed by atoms with Crippen LogP contribution in [0.15, 0.2) is 77.7 Å². The fourth-order valence-electron chi connectivity index (χ4n) is 4.10. The second-order valence-electron chi connectivity index (χ2n) is 8.10. The minimum atomic E-state index is -3.63. The highest BCUT2D eigenvalue weighted by Crippen LogP contribution is 2.30. The van der Waals surface area contributed by atoms with Gasteiger partial charge >= 0.3 is 0 Å². The van der Waals surface area contributed by atoms with Crippen LogP contribution in [0.25, 0.3) is 0 Å². The number of hydrogen-bond acceptors (Lipinski definition) is 4. The van der Waals surface area contributed by atoms with E-state index in [1.54, 1.807) is 12.1 Å². The molecule has 0 saturated carbocycles. The van der Waals surface area contributed by atoms with Gasteiger partial charge in [0.2, 0.25) is 10.0 Å². The minimum absolute atomic E-state index is 0.151. The average molecular weight is 465 g/mol. The van der Waals surface area contributed by atoms with Crippen LogP contribution in [0.1, 0.15) is 40.7 Å². The molecule has 0 radical (unpaired) electrons. The normalized spacial score (nSPS) is 14.6. The first-order valence-electron chi connectivity index (χ1n) is 11.1. The standard InChI is InChI=1S/C26H28N2O4S/c1-32-25-15-14-22(33(30,31)28-16-8-3-9-17-28)19-24(25)27-26(29)23-13-7-6-12-21(23)18-20-10-4-2-5-11-20/h2,4-7,10-15,19H,3,8-9,16-18H2,1H3,(H,27,29). The number of benzene rings is 3. The van der Waals surface area contributed by atoms with E-state index < -0.39 is 10.0 Å². The number of nitrogens with zero attached hydrogens (tertiary/aromatic N) is 1. The van der Waals surface area contributed by atoms with Crippen LogP contribution >= 0.6 is 0 Å². The number of carbonyl (C=O) groups is 1. The zero-order chi connectivity index (χ0) is 23.3. The van der Waals surface area contributed by atoms with E-state index in [9.17, 15) is 13.2 Å². The summed E-state index contributed by atoms with van der Waals surface area (Å²) in [5.41, 5.74) is 2.85. The van der Waals surface area contributed by atoms with Crippen molar-refractivity contribution in [2.45, 2.75) is 30.6 Å². The van der Waals surface area contributed by atoms with E-state index in [1.165, 1.54) is 23.5 Å². The molecule has 3 aromatic carbocycles. The zero-order valence-corrected chi connectivity index (χ0v) is 19.5. The summed E-state index contributed by atoms with van der Waals surface area (Å²) in [5.74, 6) is 0.0915. The molecule has 1 aliphatic rings. The summed E-state index contributed by atoms with van der Waals surface area (Å²) in [6.45, 7) is 1.03. The van der Waals surface area contributed by atoms with Crippen molar-refractivity contribution in [2.24, 2.45) is 0 Å². The molecule has 1 saturated heterocycles. The molecule has 1 amide bonds. The molecule has 0 aromatic heterocycles. The maximum absolute atomic E-state index is 13.2. The van der Waals surface area contributed by atoms with Gasteiger partial charge in [-0.15, -0.1) is 0 Å². The summed E-state index contributed by atoms with van der Waals surface area (Å²) < 4.78 is 33.2. The van der Waals surface area contributed by atoms with Crippen molar-refractivity contribution in [3.05, 3.63) is 89.5 Å². The lowest BCUT2D eigenvalue weighted by atomic mass is 9.99. The van der Waals surface area contributed by atoms with E-state index in [2.05, 4.69) is 5.32 Å². The van der Waals surface area contributed by atoms with Gasteiger partial charge in [0.15, 0.2) is 0 Å². The molecule has 33 heavy (non-hydrogen) atoms. The number of anilines is 1. The highest BCUT2D eigenvalue weighted by molar-refractivity contribution is 7.89. The molecule has 6 nitrogen and oxygen atoms in total. The first-order valence-corrected chi connectivity index (χ1v) is 12.5. The topological polar surface area (TPSA) is 75.7 Å². The molecule has 1 heterocycles. The number of methoxy groups -OCH3 is 1. The molecule has 0 bridgehead atoms. The van der Waals surface area contributed by atoms with E-state index in [-0.39, 0.29) is 10.8 Å². The molecule has 1 fully saturated rings. The summed E-state index contributed by atoms with van der Waals surface area (Å²) in [6.07, 6.45) is 3.37. The van der Waals surface area contributed by atoms with Gasteiger partial charge in [-0.1, -0.05) is 55.0 Å². The van der Waals surface area contributed by atoms with Crippen molar-refractivity contribution in [1.29, 1.82) is 0 Å². The van der Waals surface area contributed by atoms with Gasteiger partial charge in [-0.2, -0.15) is 4.31 Å². The van der Waals surface area contributed by atoms with Crippen molar-refractivity contribution in [2.75, 3.05) is 25.5 Å². The third-order valence-corrected chi connectivity index (χ3v) is 7.77. The van der Waals surface area contributed by atoms with Gasteiger partial charge < -0.3 is 10.1 Å². The molecule has 0 atom stereocenters. The van der Waals surface area contributed by atoms with Crippen molar-refractivity contribution in [1.82, 2.24) is 4.31 Å². The Kier molecular flexibility index (Phi) is 7.11. The van der Waals surface area contributed by atoms with Crippen LogP contribution in [0.4, 0.5) is 5.69 Å². The molecule has 0 spiro atoms. The maximum Gasteiger partial charge on any atom is 0.256 e. The largest absolute Gasteiger partial charge is 0.495 e. The van der Waals surface area contributed by atoms with Crippen molar-refractivity contribution in [3.63, 3.8) is 0 Å². The molecule has 4 rings (SSSR count). The molecule has 0 unspecified atom stereocenters. The molecule has 1 aliphatic heterocycles. The third-order valence-electron chi connectivity index (χ3n) is 5.87. The molecule has 0 aliphatic carbocycles. The van der Waals surface area contributed by atoms with E-state index in [4.69, 9.17) is 4.74 Å². The van der Waals surface area contributed by atoms with E-state index >= 15 is 0 Å². The smallest absolute Gasteiger partial charge is 0.256 e. The number of rotatable bonds is 7. The van der Waals surface area contributed by atoms with Crippen LogP contribution in [0, 0.1) is 0 Å². The lowest BCUT2D eigenvalue weighted by molar-refractivity contribution is 0.102. The van der Waals surface area contributed by atoms with Gasteiger partial charge in [0, 0.05) is 18.7 Å². The number of amides is 1. The monoisotopic (exact) mass is 464 g/mol. The first-order chi connectivity index (χ1) is 16.0. The summed E-state index contributed by atoms with van der Waals surface area (Å²) in [4.78, 5) is 13.4. The summed E-state index contributed by atoms with van der Waals surface area (Å²) >= 11 is 0. The fourth-order valence-corrected chi connectivity index (χ4v) is 5.64. The van der Waals surface area contributed by atoms with Crippen molar-refractivity contribution >= 4 is 21.6 Å². The van der Waals surface area contributed by atoms with E-state index in [0.29, 0.717) is 36.5 Å². The number of piperidine rings is 1. The fraction of sp³-hybridized carbons (Fsp3) is 0.269. The van der Waals surface area contributed by atoms with Gasteiger partial charge in [0.05, 0.1) is 17.7 Å². The van der Waals surface area contributed by atoms with E-state index in [1.807, 2.05) is 48.5 Å². The van der Waals surface area contributed by atoms with Gasteiger partial charge in [0.25, 0.3) is 5.91 Å². The van der Waals surface area contributed by atoms with Crippen molar-refractivity contribution < 1.29 is 17.9 Å². The summed E-state index contributed by atoms with van der Waals surface area (Å²) in [5, 5.41) is 2.87. The number of nitrogens with one attached hydrogen (secondary N) is 1. The van der Waals surface area contributed by atoms with Crippen LogP contribution in [0.2, 0.25) is 0 Å². The lowest BCUT2D eigenvalue weighted by Crippen LogP contribution is -2.35. The van der Waals surface area contributed by atoms with Crippen LogP contribution in [0.3, 0.4) is 0 Å². The van der Waals surface area contributed by atoms with Gasteiger partial charge in [-0.3, -0.25) is 4.79 Å². The Morgan fingerprint density at radius 2 is 1.64 bits per heavy atom. The first kappa shape index (κ1) is 23.0. The quantitative estimate of drug-likeness (QED) is 0.549. The highest BCUT2D eigenvalue weighted by atomic mass is 32.2. The second kappa shape index (κ2) is 10.2.